The maximum absolute atomic E-state index is 12.6. The number of piperidine rings is 1. The number of hydrogen-bond donors (Lipinski definition) is 0. The average molecular weight is 371 g/mol. The molecule has 4 rings (SSSR count). The second kappa shape index (κ2) is 7.42. The van der Waals surface area contributed by atoms with Crippen molar-refractivity contribution in [3.8, 4) is 0 Å². The SMILES string of the molecule is Cc1ccnn1CC(=O)N1CCC(c2nnc(CN(C)C)n2C2CC2)CC1. The van der Waals surface area contributed by atoms with Crippen molar-refractivity contribution in [1.29, 1.82) is 0 Å². The second-order valence-electron chi connectivity index (χ2n) is 8.10. The Morgan fingerprint density at radius 2 is 1.93 bits per heavy atom. The largest absolute Gasteiger partial charge is 0.341 e. The van der Waals surface area contributed by atoms with E-state index in [9.17, 15) is 4.79 Å². The Labute approximate surface area is 160 Å². The van der Waals surface area contributed by atoms with Gasteiger partial charge in [-0.1, -0.05) is 0 Å². The molecular formula is C19H29N7O. The van der Waals surface area contributed by atoms with E-state index in [4.69, 9.17) is 0 Å². The van der Waals surface area contributed by atoms with Gasteiger partial charge in [0.1, 0.15) is 18.2 Å². The summed E-state index contributed by atoms with van der Waals surface area (Å²) in [6, 6.07) is 2.50. The minimum absolute atomic E-state index is 0.150. The zero-order valence-corrected chi connectivity index (χ0v) is 16.5. The van der Waals surface area contributed by atoms with Crippen LogP contribution >= 0.6 is 0 Å². The van der Waals surface area contributed by atoms with Gasteiger partial charge in [0.2, 0.25) is 5.91 Å². The van der Waals surface area contributed by atoms with Gasteiger partial charge in [0.15, 0.2) is 0 Å². The van der Waals surface area contributed by atoms with E-state index in [1.54, 1.807) is 10.9 Å². The standard InChI is InChI=1S/C19H29N7O/c1-14-6-9-20-25(14)13-18(27)24-10-7-15(8-11-24)19-22-21-17(12-23(2)3)26(19)16-4-5-16/h6,9,15-16H,4-5,7-8,10-13H2,1-3H3. The Hall–Kier alpha value is -2.22. The Morgan fingerprint density at radius 3 is 2.52 bits per heavy atom. The number of amides is 1. The number of nitrogens with zero attached hydrogens (tertiary/aromatic N) is 7. The zero-order chi connectivity index (χ0) is 19.0. The number of rotatable bonds is 6. The predicted octanol–water partition coefficient (Wildman–Crippen LogP) is 1.59. The molecule has 2 aliphatic rings. The van der Waals surface area contributed by atoms with Gasteiger partial charge in [-0.3, -0.25) is 9.48 Å². The molecule has 1 aliphatic heterocycles. The van der Waals surface area contributed by atoms with Crippen LogP contribution in [0.3, 0.4) is 0 Å². The number of likely N-dealkylation sites (tertiary alicyclic amines) is 1. The van der Waals surface area contributed by atoms with E-state index in [2.05, 4.69) is 38.9 Å². The highest BCUT2D eigenvalue weighted by Gasteiger charge is 2.34. The molecule has 0 atom stereocenters. The van der Waals surface area contributed by atoms with Crippen LogP contribution in [0.1, 0.15) is 55.0 Å². The van der Waals surface area contributed by atoms with Gasteiger partial charge >= 0.3 is 0 Å². The third-order valence-corrected chi connectivity index (χ3v) is 5.59. The fourth-order valence-electron chi connectivity index (χ4n) is 3.92. The minimum Gasteiger partial charge on any atom is -0.341 e. The van der Waals surface area contributed by atoms with Gasteiger partial charge in [-0.25, -0.2) is 0 Å². The monoisotopic (exact) mass is 371 g/mol. The molecule has 0 bridgehead atoms. The quantitative estimate of drug-likeness (QED) is 0.771. The van der Waals surface area contributed by atoms with Crippen molar-refractivity contribution >= 4 is 5.91 Å². The van der Waals surface area contributed by atoms with Gasteiger partial charge in [-0.2, -0.15) is 5.10 Å². The van der Waals surface area contributed by atoms with E-state index in [-0.39, 0.29) is 5.91 Å². The molecule has 0 spiro atoms. The van der Waals surface area contributed by atoms with E-state index < -0.39 is 0 Å². The Bertz CT molecular complexity index is 797. The molecule has 8 heteroatoms. The van der Waals surface area contributed by atoms with Crippen molar-refractivity contribution in [2.45, 2.75) is 57.7 Å². The van der Waals surface area contributed by atoms with E-state index in [0.717, 1.165) is 49.8 Å². The van der Waals surface area contributed by atoms with Crippen molar-refractivity contribution in [2.75, 3.05) is 27.2 Å². The predicted molar refractivity (Wildman–Crippen MR) is 101 cm³/mol. The summed E-state index contributed by atoms with van der Waals surface area (Å²) in [5.41, 5.74) is 1.02. The molecule has 3 heterocycles. The smallest absolute Gasteiger partial charge is 0.244 e. The fourth-order valence-corrected chi connectivity index (χ4v) is 3.92. The summed E-state index contributed by atoms with van der Waals surface area (Å²) >= 11 is 0. The molecule has 0 radical (unpaired) electrons. The molecule has 0 unspecified atom stereocenters. The molecule has 8 nitrogen and oxygen atoms in total. The molecule has 2 fully saturated rings. The van der Waals surface area contributed by atoms with E-state index in [1.807, 2.05) is 17.9 Å². The first kappa shape index (κ1) is 18.2. The lowest BCUT2D eigenvalue weighted by molar-refractivity contribution is -0.133. The molecule has 27 heavy (non-hydrogen) atoms. The molecule has 1 saturated heterocycles. The van der Waals surface area contributed by atoms with E-state index in [1.165, 1.54) is 12.8 Å². The highest BCUT2D eigenvalue weighted by atomic mass is 16.2. The van der Waals surface area contributed by atoms with Crippen LogP contribution < -0.4 is 0 Å². The van der Waals surface area contributed by atoms with Gasteiger partial charge in [-0.15, -0.1) is 10.2 Å². The van der Waals surface area contributed by atoms with Crippen LogP contribution in [0.2, 0.25) is 0 Å². The lowest BCUT2D eigenvalue weighted by Crippen LogP contribution is -2.40. The van der Waals surface area contributed by atoms with Gasteiger partial charge < -0.3 is 14.4 Å². The first-order chi connectivity index (χ1) is 13.0. The molecule has 146 valence electrons. The number of aryl methyl sites for hydroxylation is 1. The summed E-state index contributed by atoms with van der Waals surface area (Å²) in [5, 5.41) is 13.3. The van der Waals surface area contributed by atoms with Gasteiger partial charge in [0, 0.05) is 36.9 Å². The highest BCUT2D eigenvalue weighted by molar-refractivity contribution is 5.76. The molecule has 2 aromatic heterocycles. The van der Waals surface area contributed by atoms with Crippen LogP contribution in [0.25, 0.3) is 0 Å². The maximum Gasteiger partial charge on any atom is 0.244 e. The summed E-state index contributed by atoms with van der Waals surface area (Å²) < 4.78 is 4.15. The lowest BCUT2D eigenvalue weighted by Gasteiger charge is -2.32. The summed E-state index contributed by atoms with van der Waals surface area (Å²) in [4.78, 5) is 16.7. The number of carbonyl (C=O) groups is 1. The van der Waals surface area contributed by atoms with E-state index in [0.29, 0.717) is 18.5 Å². The highest BCUT2D eigenvalue weighted by Crippen LogP contribution is 2.40. The van der Waals surface area contributed by atoms with Crippen molar-refractivity contribution in [2.24, 2.45) is 0 Å². The van der Waals surface area contributed by atoms with Gasteiger partial charge in [0.05, 0.1) is 6.54 Å². The van der Waals surface area contributed by atoms with Crippen molar-refractivity contribution in [3.63, 3.8) is 0 Å². The Kier molecular flexibility index (Phi) is 4.99. The lowest BCUT2D eigenvalue weighted by atomic mass is 9.95. The van der Waals surface area contributed by atoms with Crippen LogP contribution in [0.5, 0.6) is 0 Å². The number of carbonyl (C=O) groups excluding carboxylic acids is 1. The normalized spacial score (nSPS) is 18.4. The second-order valence-corrected chi connectivity index (χ2v) is 8.10. The first-order valence-corrected chi connectivity index (χ1v) is 9.87. The molecule has 2 aromatic rings. The van der Waals surface area contributed by atoms with Crippen LogP contribution in [0.4, 0.5) is 0 Å². The zero-order valence-electron chi connectivity index (χ0n) is 16.5. The molecular weight excluding hydrogens is 342 g/mol. The Balaban J connectivity index is 1.40. The van der Waals surface area contributed by atoms with Crippen LogP contribution in [0.15, 0.2) is 12.3 Å². The summed E-state index contributed by atoms with van der Waals surface area (Å²) in [7, 11) is 4.13. The third kappa shape index (κ3) is 3.90. The molecule has 0 aromatic carbocycles. The summed E-state index contributed by atoms with van der Waals surface area (Å²) in [5.74, 6) is 2.75. The van der Waals surface area contributed by atoms with Crippen molar-refractivity contribution in [3.05, 3.63) is 29.6 Å². The van der Waals surface area contributed by atoms with Crippen LogP contribution in [-0.2, 0) is 17.9 Å². The number of aromatic nitrogens is 5. The van der Waals surface area contributed by atoms with Crippen LogP contribution in [0, 0.1) is 6.92 Å². The van der Waals surface area contributed by atoms with Crippen LogP contribution in [-0.4, -0.2) is 67.4 Å². The first-order valence-electron chi connectivity index (χ1n) is 9.87. The minimum atomic E-state index is 0.150. The van der Waals surface area contributed by atoms with E-state index >= 15 is 0 Å². The topological polar surface area (TPSA) is 72.1 Å². The van der Waals surface area contributed by atoms with Gasteiger partial charge in [-0.05, 0) is 52.8 Å². The molecule has 1 saturated carbocycles. The maximum atomic E-state index is 12.6. The molecule has 0 N–H and O–H groups in total. The summed E-state index contributed by atoms with van der Waals surface area (Å²) in [6.45, 7) is 4.69. The van der Waals surface area contributed by atoms with Crippen molar-refractivity contribution < 1.29 is 4.79 Å². The Morgan fingerprint density at radius 1 is 1.19 bits per heavy atom. The summed E-state index contributed by atoms with van der Waals surface area (Å²) in [6.07, 6.45) is 6.11. The third-order valence-electron chi connectivity index (χ3n) is 5.59. The number of hydrogen-bond acceptors (Lipinski definition) is 5. The molecule has 1 aliphatic carbocycles. The molecule has 1 amide bonds. The fraction of sp³-hybridized carbons (Fsp3) is 0.684. The average Bonchev–Trinajstić information content (AvgIpc) is 3.28. The van der Waals surface area contributed by atoms with Crippen molar-refractivity contribution in [1.82, 2.24) is 34.3 Å². The van der Waals surface area contributed by atoms with Gasteiger partial charge in [0.25, 0.3) is 0 Å².